The van der Waals surface area contributed by atoms with Gasteiger partial charge in [-0.15, -0.1) is 0 Å². The molecule has 0 saturated carbocycles. The Morgan fingerprint density at radius 3 is 1.16 bits per heavy atom. The van der Waals surface area contributed by atoms with E-state index in [1.54, 1.807) is 24.3 Å². The van der Waals surface area contributed by atoms with Gasteiger partial charge in [-0.1, -0.05) is 0 Å². The summed E-state index contributed by atoms with van der Waals surface area (Å²) in [6.45, 7) is -1.37. The SMILES string of the molecule is COc1cc([C@@H]2OC[C@H]3[C@@H]2CO[C@H]3c2cc(OC)c(O[C@@H]3O[C@H](CO[C@@H]4O[C@H](CO)[C@@H](O)[C@H](O)[C@H]4O)[C@@H](O)[C@H](O)[C@H]3O)c(OC)c2)cc(OC)c1O[C@@H]1O[C@H](CO)[C@@H](O)[C@H](O)[C@H]1O. The Bertz CT molecular complexity index is 1780. The molecule has 0 aromatic heterocycles. The second kappa shape index (κ2) is 20.0. The van der Waals surface area contributed by atoms with E-state index in [1.165, 1.54) is 28.4 Å². The summed E-state index contributed by atoms with van der Waals surface area (Å²) in [6, 6.07) is 6.64. The molecule has 0 amide bonds. The number of rotatable bonds is 15. The molecule has 0 bridgehead atoms. The lowest BCUT2D eigenvalue weighted by atomic mass is 9.84. The van der Waals surface area contributed by atoms with Gasteiger partial charge in [0.1, 0.15) is 73.2 Å². The molecule has 63 heavy (non-hydrogen) atoms. The summed E-state index contributed by atoms with van der Waals surface area (Å²) in [7, 11) is 5.54. The number of benzene rings is 2. The maximum atomic E-state index is 10.9. The van der Waals surface area contributed by atoms with Crippen LogP contribution in [0.15, 0.2) is 24.3 Å². The van der Waals surface area contributed by atoms with Gasteiger partial charge in [-0.05, 0) is 35.4 Å². The minimum absolute atomic E-state index is 0.0263. The van der Waals surface area contributed by atoms with Gasteiger partial charge in [0.05, 0.1) is 73.7 Å². The van der Waals surface area contributed by atoms with E-state index in [-0.39, 0.29) is 59.5 Å². The molecule has 5 saturated heterocycles. The summed E-state index contributed by atoms with van der Waals surface area (Å²) in [6.07, 6.45) is -24.9. The Balaban J connectivity index is 1.06. The fourth-order valence-corrected chi connectivity index (χ4v) is 8.54. The summed E-state index contributed by atoms with van der Waals surface area (Å²) in [5.41, 5.74) is 1.27. The zero-order valence-electron chi connectivity index (χ0n) is 34.6. The number of aliphatic hydroxyl groups excluding tert-OH is 11. The van der Waals surface area contributed by atoms with Crippen molar-refractivity contribution in [1.82, 2.24) is 0 Å². The van der Waals surface area contributed by atoms with Crippen LogP contribution in [0, 0.1) is 11.8 Å². The van der Waals surface area contributed by atoms with Crippen LogP contribution in [0.25, 0.3) is 0 Å². The van der Waals surface area contributed by atoms with E-state index in [2.05, 4.69) is 0 Å². The molecule has 19 atom stereocenters. The van der Waals surface area contributed by atoms with Gasteiger partial charge in [0.25, 0.3) is 0 Å². The summed E-state index contributed by atoms with van der Waals surface area (Å²) in [5, 5.41) is 113. The number of fused-ring (bicyclic) bond motifs is 1. The van der Waals surface area contributed by atoms with Crippen LogP contribution in [0.4, 0.5) is 0 Å². The highest BCUT2D eigenvalue weighted by Crippen LogP contribution is 2.54. The maximum absolute atomic E-state index is 10.9. The van der Waals surface area contributed by atoms with Crippen molar-refractivity contribution in [3.63, 3.8) is 0 Å². The first-order valence-electron chi connectivity index (χ1n) is 20.2. The van der Waals surface area contributed by atoms with Gasteiger partial charge in [-0.2, -0.15) is 0 Å². The van der Waals surface area contributed by atoms with E-state index >= 15 is 0 Å². The molecule has 5 aliphatic rings. The van der Waals surface area contributed by atoms with Crippen LogP contribution in [0.2, 0.25) is 0 Å². The summed E-state index contributed by atoms with van der Waals surface area (Å²) >= 11 is 0. The van der Waals surface area contributed by atoms with Gasteiger partial charge < -0.3 is 113 Å². The summed E-state index contributed by atoms with van der Waals surface area (Å²) in [5.74, 6) is 0.219. The van der Waals surface area contributed by atoms with E-state index < -0.39 is 124 Å². The van der Waals surface area contributed by atoms with Crippen molar-refractivity contribution in [2.45, 2.75) is 104 Å². The molecule has 5 aliphatic heterocycles. The first kappa shape index (κ1) is 47.5. The lowest BCUT2D eigenvalue weighted by Crippen LogP contribution is -2.62. The largest absolute Gasteiger partial charge is 0.493 e. The van der Waals surface area contributed by atoms with Crippen molar-refractivity contribution in [2.75, 3.05) is 61.5 Å². The van der Waals surface area contributed by atoms with Crippen molar-refractivity contribution >= 4 is 0 Å². The highest BCUT2D eigenvalue weighted by molar-refractivity contribution is 5.56. The number of aliphatic hydroxyl groups is 11. The normalized spacial score (nSPS) is 40.3. The Kier molecular flexibility index (Phi) is 15.1. The molecule has 5 heterocycles. The zero-order chi connectivity index (χ0) is 45.4. The first-order valence-corrected chi connectivity index (χ1v) is 20.2. The molecular weight excluding hydrogens is 848 g/mol. The highest BCUT2D eigenvalue weighted by atomic mass is 16.7. The van der Waals surface area contributed by atoms with E-state index in [4.69, 9.17) is 56.8 Å². The fraction of sp³-hybridized carbons (Fsp3) is 0.700. The third kappa shape index (κ3) is 9.09. The monoisotopic (exact) mass is 904 g/mol. The molecule has 5 fully saturated rings. The van der Waals surface area contributed by atoms with Gasteiger partial charge in [-0.25, -0.2) is 0 Å². The molecule has 0 radical (unpaired) electrons. The smallest absolute Gasteiger partial charge is 0.229 e. The molecule has 2 aromatic carbocycles. The molecule has 2 aromatic rings. The van der Waals surface area contributed by atoms with E-state index in [1.807, 2.05) is 0 Å². The van der Waals surface area contributed by atoms with Crippen molar-refractivity contribution in [1.29, 1.82) is 0 Å². The van der Waals surface area contributed by atoms with Crippen LogP contribution >= 0.6 is 0 Å². The number of hydrogen-bond acceptors (Lipinski definition) is 23. The molecule has 23 heteroatoms. The molecule has 11 N–H and O–H groups in total. The number of ether oxygens (including phenoxy) is 12. The Hall–Kier alpha value is -3.44. The standard InChI is InChI=1S/C40H56O23/c1-52-18-5-14(6-19(53-2)36(18)62-39-32(50)29(47)26(44)23(10-42)60-39)34-16-11-57-35(17(16)12-56-34)15-7-20(54-3)37(21(8-15)55-4)63-40-33(51)30(48)27(45)24(61-40)13-58-38-31(49)28(46)25(43)22(9-41)59-38/h5-8,16-17,22-35,38-51H,9-13H2,1-4H3/t16-,17-,22+,23+,24+,25+,26+,27+,28-,29-,30-,31+,32+,33+,34-,35-,38+,39-,40-/m0/s1. The Labute approximate surface area is 360 Å². The van der Waals surface area contributed by atoms with Crippen LogP contribution in [-0.4, -0.2) is 210 Å². The van der Waals surface area contributed by atoms with Gasteiger partial charge in [0.15, 0.2) is 29.3 Å². The molecule has 0 unspecified atom stereocenters. The highest BCUT2D eigenvalue weighted by Gasteiger charge is 2.51. The van der Waals surface area contributed by atoms with Crippen LogP contribution < -0.4 is 28.4 Å². The van der Waals surface area contributed by atoms with Gasteiger partial charge in [0.2, 0.25) is 24.1 Å². The quantitative estimate of drug-likeness (QED) is 0.0811. The predicted molar refractivity (Wildman–Crippen MR) is 205 cm³/mol. The van der Waals surface area contributed by atoms with Crippen molar-refractivity contribution in [3.8, 4) is 34.5 Å². The van der Waals surface area contributed by atoms with E-state index in [0.29, 0.717) is 11.1 Å². The topological polar surface area (TPSA) is 333 Å². The van der Waals surface area contributed by atoms with Crippen molar-refractivity contribution in [2.24, 2.45) is 11.8 Å². The van der Waals surface area contributed by atoms with Crippen molar-refractivity contribution in [3.05, 3.63) is 35.4 Å². The number of methoxy groups -OCH3 is 4. The maximum Gasteiger partial charge on any atom is 0.229 e. The lowest BCUT2D eigenvalue weighted by molar-refractivity contribution is -0.323. The van der Waals surface area contributed by atoms with Crippen LogP contribution in [-0.2, 0) is 28.4 Å². The Morgan fingerprint density at radius 1 is 0.460 bits per heavy atom. The van der Waals surface area contributed by atoms with Crippen LogP contribution in [0.1, 0.15) is 23.3 Å². The van der Waals surface area contributed by atoms with Crippen LogP contribution in [0.3, 0.4) is 0 Å². The third-order valence-corrected chi connectivity index (χ3v) is 12.1. The molecule has 0 spiro atoms. The number of hydrogen-bond donors (Lipinski definition) is 11. The fourth-order valence-electron chi connectivity index (χ4n) is 8.54. The molecule has 354 valence electrons. The van der Waals surface area contributed by atoms with Gasteiger partial charge in [0, 0.05) is 11.8 Å². The first-order chi connectivity index (χ1) is 30.2. The zero-order valence-corrected chi connectivity index (χ0v) is 34.6. The third-order valence-electron chi connectivity index (χ3n) is 12.1. The lowest BCUT2D eigenvalue weighted by Gasteiger charge is -2.42. The summed E-state index contributed by atoms with van der Waals surface area (Å²) < 4.78 is 69.6. The minimum atomic E-state index is -1.81. The average Bonchev–Trinajstić information content (AvgIpc) is 3.91. The van der Waals surface area contributed by atoms with Gasteiger partial charge >= 0.3 is 0 Å². The average molecular weight is 905 g/mol. The van der Waals surface area contributed by atoms with E-state index in [9.17, 15) is 56.2 Å². The second-order valence-electron chi connectivity index (χ2n) is 15.8. The second-order valence-corrected chi connectivity index (χ2v) is 15.8. The van der Waals surface area contributed by atoms with E-state index in [0.717, 1.165) is 0 Å². The molecule has 0 aliphatic carbocycles. The molecule has 7 rings (SSSR count). The van der Waals surface area contributed by atoms with Gasteiger partial charge in [-0.3, -0.25) is 0 Å². The minimum Gasteiger partial charge on any atom is -0.493 e. The molecule has 23 nitrogen and oxygen atoms in total. The predicted octanol–water partition coefficient (Wildman–Crippen LogP) is -4.02. The Morgan fingerprint density at radius 2 is 0.794 bits per heavy atom. The summed E-state index contributed by atoms with van der Waals surface area (Å²) in [4.78, 5) is 0. The van der Waals surface area contributed by atoms with Crippen LogP contribution in [0.5, 0.6) is 34.5 Å². The van der Waals surface area contributed by atoms with Crippen molar-refractivity contribution < 1.29 is 113 Å². The molecular formula is C40H56O23.